The second kappa shape index (κ2) is 5.85. The van der Waals surface area contributed by atoms with Crippen LogP contribution < -0.4 is 5.73 Å². The van der Waals surface area contributed by atoms with Crippen molar-refractivity contribution in [3.8, 4) is 0 Å². The van der Waals surface area contributed by atoms with Crippen LogP contribution in [0, 0.1) is 11.8 Å². The summed E-state index contributed by atoms with van der Waals surface area (Å²) in [5, 5.41) is 0. The van der Waals surface area contributed by atoms with Crippen LogP contribution >= 0.6 is 0 Å². The normalized spacial score (nSPS) is 21.5. The number of allylic oxidation sites excluding steroid dienone is 3. The third-order valence-electron chi connectivity index (χ3n) is 2.39. The first-order valence-electron chi connectivity index (χ1n) is 5.25. The highest BCUT2D eigenvalue weighted by atomic mass is 14.6. The van der Waals surface area contributed by atoms with Gasteiger partial charge in [-0.1, -0.05) is 39.3 Å². The van der Waals surface area contributed by atoms with Crippen LogP contribution in [0.25, 0.3) is 0 Å². The van der Waals surface area contributed by atoms with Gasteiger partial charge in [-0.3, -0.25) is 0 Å². The maximum Gasteiger partial charge on any atom is 0.0273 e. The maximum absolute atomic E-state index is 5.67. The molecular formula is C12H23N. The lowest BCUT2D eigenvalue weighted by atomic mass is 9.83. The van der Waals surface area contributed by atoms with Crippen molar-refractivity contribution in [1.82, 2.24) is 0 Å². The van der Waals surface area contributed by atoms with E-state index < -0.39 is 0 Å². The molecule has 0 aliphatic heterocycles. The van der Waals surface area contributed by atoms with Crippen molar-refractivity contribution in [2.24, 2.45) is 17.6 Å². The fourth-order valence-electron chi connectivity index (χ4n) is 1.68. The molecule has 13 heavy (non-hydrogen) atoms. The quantitative estimate of drug-likeness (QED) is 0.658. The van der Waals surface area contributed by atoms with Gasteiger partial charge in [-0.25, -0.2) is 0 Å². The van der Waals surface area contributed by atoms with E-state index in [-0.39, 0.29) is 0 Å². The minimum Gasteiger partial charge on any atom is -0.399 e. The van der Waals surface area contributed by atoms with Gasteiger partial charge in [0.1, 0.15) is 0 Å². The molecule has 1 atom stereocenters. The van der Waals surface area contributed by atoms with Crippen molar-refractivity contribution in [1.29, 1.82) is 0 Å². The van der Waals surface area contributed by atoms with Gasteiger partial charge in [0, 0.05) is 5.70 Å². The zero-order chi connectivity index (χ0) is 10.4. The van der Waals surface area contributed by atoms with Crippen molar-refractivity contribution in [3.05, 3.63) is 23.4 Å². The lowest BCUT2D eigenvalue weighted by molar-refractivity contribution is 0.442. The fraction of sp³-hybridized carbons (Fsp3) is 0.667. The van der Waals surface area contributed by atoms with E-state index in [0.717, 1.165) is 18.0 Å². The Morgan fingerprint density at radius 1 is 1.38 bits per heavy atom. The van der Waals surface area contributed by atoms with E-state index in [1.54, 1.807) is 0 Å². The number of nitrogens with two attached hydrogens (primary N) is 1. The molecule has 0 spiro atoms. The molecule has 0 saturated carbocycles. The highest BCUT2D eigenvalue weighted by Crippen LogP contribution is 2.28. The van der Waals surface area contributed by atoms with Gasteiger partial charge in [0.25, 0.3) is 0 Å². The van der Waals surface area contributed by atoms with Gasteiger partial charge >= 0.3 is 0 Å². The van der Waals surface area contributed by atoms with Crippen LogP contribution in [0.2, 0.25) is 0 Å². The number of hydrogen-bond acceptors (Lipinski definition) is 1. The Bertz CT molecular complexity index is 199. The van der Waals surface area contributed by atoms with Crippen LogP contribution in [0.3, 0.4) is 0 Å². The molecule has 0 aromatic carbocycles. The van der Waals surface area contributed by atoms with Gasteiger partial charge in [-0.15, -0.1) is 0 Å². The SMILES string of the molecule is CC.CC1=CC(N)=CCC1C(C)C. The Balaban J connectivity index is 0.000000671. The predicted molar refractivity (Wildman–Crippen MR) is 60.3 cm³/mol. The summed E-state index contributed by atoms with van der Waals surface area (Å²) in [5.74, 6) is 1.44. The van der Waals surface area contributed by atoms with Crippen molar-refractivity contribution in [3.63, 3.8) is 0 Å². The van der Waals surface area contributed by atoms with Gasteiger partial charge in [-0.2, -0.15) is 0 Å². The van der Waals surface area contributed by atoms with E-state index in [1.165, 1.54) is 5.57 Å². The molecule has 1 unspecified atom stereocenters. The summed E-state index contributed by atoms with van der Waals surface area (Å²) < 4.78 is 0. The Morgan fingerprint density at radius 3 is 2.31 bits per heavy atom. The predicted octanol–water partition coefficient (Wildman–Crippen LogP) is 3.48. The molecule has 0 aromatic heterocycles. The highest BCUT2D eigenvalue weighted by molar-refractivity contribution is 5.26. The Kier molecular flexibility index (Phi) is 5.52. The molecule has 0 saturated heterocycles. The van der Waals surface area contributed by atoms with E-state index in [9.17, 15) is 0 Å². The van der Waals surface area contributed by atoms with E-state index in [2.05, 4.69) is 32.9 Å². The van der Waals surface area contributed by atoms with Gasteiger partial charge in [0.2, 0.25) is 0 Å². The second-order valence-corrected chi connectivity index (χ2v) is 3.68. The average molecular weight is 181 g/mol. The van der Waals surface area contributed by atoms with Gasteiger partial charge in [-0.05, 0) is 31.3 Å². The lowest BCUT2D eigenvalue weighted by Crippen LogP contribution is -2.14. The molecule has 2 N–H and O–H groups in total. The van der Waals surface area contributed by atoms with Crippen molar-refractivity contribution >= 4 is 0 Å². The van der Waals surface area contributed by atoms with Gasteiger partial charge < -0.3 is 5.73 Å². The third-order valence-corrected chi connectivity index (χ3v) is 2.39. The molecule has 76 valence electrons. The first-order valence-corrected chi connectivity index (χ1v) is 5.25. The second-order valence-electron chi connectivity index (χ2n) is 3.68. The molecule has 1 heteroatoms. The molecule has 1 aliphatic carbocycles. The fourth-order valence-corrected chi connectivity index (χ4v) is 1.68. The molecule has 0 aromatic rings. The van der Waals surface area contributed by atoms with Crippen molar-refractivity contribution < 1.29 is 0 Å². The Labute approximate surface area is 82.7 Å². The van der Waals surface area contributed by atoms with E-state index in [4.69, 9.17) is 5.73 Å². The summed E-state index contributed by atoms with van der Waals surface area (Å²) in [6.45, 7) is 10.7. The first-order chi connectivity index (χ1) is 6.11. The van der Waals surface area contributed by atoms with Crippen molar-refractivity contribution in [2.45, 2.75) is 41.0 Å². The third kappa shape index (κ3) is 3.67. The van der Waals surface area contributed by atoms with Crippen LogP contribution in [-0.4, -0.2) is 0 Å². The van der Waals surface area contributed by atoms with Crippen molar-refractivity contribution in [2.75, 3.05) is 0 Å². The van der Waals surface area contributed by atoms with Crippen LogP contribution in [0.5, 0.6) is 0 Å². The summed E-state index contributed by atoms with van der Waals surface area (Å²) >= 11 is 0. The first kappa shape index (κ1) is 12.3. The van der Waals surface area contributed by atoms with Crippen LogP contribution in [0.1, 0.15) is 41.0 Å². The van der Waals surface area contributed by atoms with E-state index in [1.807, 2.05) is 13.8 Å². The number of hydrogen-bond donors (Lipinski definition) is 1. The largest absolute Gasteiger partial charge is 0.399 e. The summed E-state index contributed by atoms with van der Waals surface area (Å²) in [4.78, 5) is 0. The van der Waals surface area contributed by atoms with E-state index >= 15 is 0 Å². The molecule has 1 nitrogen and oxygen atoms in total. The molecule has 1 aliphatic rings. The molecular weight excluding hydrogens is 158 g/mol. The molecule has 0 fully saturated rings. The standard InChI is InChI=1S/C10H17N.C2H6/c1-7(2)10-5-4-9(11)6-8(10)3;1-2/h4,6-7,10H,5,11H2,1-3H3;1-2H3. The summed E-state index contributed by atoms with van der Waals surface area (Å²) in [6, 6.07) is 0. The Hall–Kier alpha value is -0.720. The molecule has 0 radical (unpaired) electrons. The molecule has 0 bridgehead atoms. The highest BCUT2D eigenvalue weighted by Gasteiger charge is 2.16. The smallest absolute Gasteiger partial charge is 0.0273 e. The zero-order valence-electron chi connectivity index (χ0n) is 9.59. The van der Waals surface area contributed by atoms with Gasteiger partial charge in [0.15, 0.2) is 0 Å². The minimum atomic E-state index is 0.710. The molecule has 0 heterocycles. The molecule has 0 amide bonds. The Morgan fingerprint density at radius 2 is 1.92 bits per heavy atom. The van der Waals surface area contributed by atoms with Crippen LogP contribution in [0.4, 0.5) is 0 Å². The van der Waals surface area contributed by atoms with Gasteiger partial charge in [0.05, 0.1) is 0 Å². The summed E-state index contributed by atoms with van der Waals surface area (Å²) in [6.07, 6.45) is 5.33. The summed E-state index contributed by atoms with van der Waals surface area (Å²) in [5.41, 5.74) is 8.03. The maximum atomic E-state index is 5.67. The minimum absolute atomic E-state index is 0.710. The zero-order valence-corrected chi connectivity index (χ0v) is 9.59. The lowest BCUT2D eigenvalue weighted by Gasteiger charge is -2.23. The van der Waals surface area contributed by atoms with Crippen LogP contribution in [0.15, 0.2) is 23.4 Å². The number of rotatable bonds is 1. The topological polar surface area (TPSA) is 26.0 Å². The summed E-state index contributed by atoms with van der Waals surface area (Å²) in [7, 11) is 0. The van der Waals surface area contributed by atoms with Crippen LogP contribution in [-0.2, 0) is 0 Å². The van der Waals surface area contributed by atoms with E-state index in [0.29, 0.717) is 5.92 Å². The molecule has 1 rings (SSSR count). The average Bonchev–Trinajstić information content (AvgIpc) is 2.07. The monoisotopic (exact) mass is 181 g/mol.